The minimum absolute atomic E-state index is 0.0666. The first-order chi connectivity index (χ1) is 16.6. The lowest BCUT2D eigenvalue weighted by Crippen LogP contribution is -2.43. The molecule has 0 saturated carbocycles. The van der Waals surface area contributed by atoms with Gasteiger partial charge < -0.3 is 10.6 Å². The average molecular weight is 479 g/mol. The van der Waals surface area contributed by atoms with Crippen LogP contribution in [0.3, 0.4) is 0 Å². The van der Waals surface area contributed by atoms with Gasteiger partial charge in [0.25, 0.3) is 11.5 Å². The van der Waals surface area contributed by atoms with Gasteiger partial charge in [0, 0.05) is 23.4 Å². The summed E-state index contributed by atoms with van der Waals surface area (Å²) < 4.78 is 16.0. The number of hydrogen-bond acceptors (Lipinski definition) is 4. The van der Waals surface area contributed by atoms with E-state index in [2.05, 4.69) is 0 Å². The number of nitrogens with zero attached hydrogens (tertiary/aromatic N) is 3. The SMILES string of the molecule is Cc1ccc(C(=O)N(CCCN)C(c2nc(C)c(C)c(=O)n2Cc2ccccc2)C(C)C)cc1F. The van der Waals surface area contributed by atoms with Gasteiger partial charge in [0.15, 0.2) is 0 Å². The maximum absolute atomic E-state index is 14.3. The van der Waals surface area contributed by atoms with Gasteiger partial charge in [-0.25, -0.2) is 9.37 Å². The molecule has 0 aliphatic heterocycles. The van der Waals surface area contributed by atoms with E-state index in [-0.39, 0.29) is 22.9 Å². The molecule has 1 aromatic heterocycles. The third-order valence-electron chi connectivity index (χ3n) is 6.37. The number of rotatable bonds is 9. The van der Waals surface area contributed by atoms with E-state index in [0.29, 0.717) is 48.7 Å². The Bertz CT molecular complexity index is 1240. The first kappa shape index (κ1) is 26.3. The second-order valence-electron chi connectivity index (χ2n) is 9.35. The zero-order chi connectivity index (χ0) is 25.7. The smallest absolute Gasteiger partial charge is 0.257 e. The van der Waals surface area contributed by atoms with Crippen LogP contribution in [-0.2, 0) is 6.54 Å². The lowest BCUT2D eigenvalue weighted by Gasteiger charge is -2.36. The Labute approximate surface area is 206 Å². The van der Waals surface area contributed by atoms with Crippen LogP contribution >= 0.6 is 0 Å². The minimum Gasteiger partial charge on any atom is -0.330 e. The number of aryl methyl sites for hydroxylation is 2. The summed E-state index contributed by atoms with van der Waals surface area (Å²) >= 11 is 0. The van der Waals surface area contributed by atoms with E-state index in [0.717, 1.165) is 5.56 Å². The van der Waals surface area contributed by atoms with Crippen LogP contribution in [-0.4, -0.2) is 33.4 Å². The molecule has 1 atom stereocenters. The Balaban J connectivity index is 2.18. The van der Waals surface area contributed by atoms with Crippen LogP contribution in [0.2, 0.25) is 0 Å². The molecule has 35 heavy (non-hydrogen) atoms. The molecule has 6 nitrogen and oxygen atoms in total. The van der Waals surface area contributed by atoms with Crippen molar-refractivity contribution in [2.75, 3.05) is 13.1 Å². The highest BCUT2D eigenvalue weighted by Crippen LogP contribution is 2.30. The van der Waals surface area contributed by atoms with Crippen molar-refractivity contribution in [3.63, 3.8) is 0 Å². The number of aromatic nitrogens is 2. The minimum atomic E-state index is -0.505. The molecule has 0 spiro atoms. The molecule has 0 aliphatic rings. The standard InChI is InChI=1S/C28H35FN4O2/c1-18(2)25(32(15-9-14-30)28(35)23-13-12-19(3)24(29)16-23)26-31-21(5)20(4)27(34)33(26)17-22-10-7-6-8-11-22/h6-8,10-13,16,18,25H,9,14-15,17,30H2,1-5H3. The lowest BCUT2D eigenvalue weighted by molar-refractivity contribution is 0.0601. The molecule has 1 unspecified atom stereocenters. The number of nitrogens with two attached hydrogens (primary N) is 1. The van der Waals surface area contributed by atoms with Gasteiger partial charge in [-0.3, -0.25) is 14.2 Å². The molecule has 0 radical (unpaired) electrons. The predicted molar refractivity (Wildman–Crippen MR) is 137 cm³/mol. The third kappa shape index (κ3) is 5.85. The average Bonchev–Trinajstić information content (AvgIpc) is 2.84. The first-order valence-corrected chi connectivity index (χ1v) is 12.0. The van der Waals surface area contributed by atoms with Crippen molar-refractivity contribution in [2.45, 2.75) is 53.6 Å². The summed E-state index contributed by atoms with van der Waals surface area (Å²) in [7, 11) is 0. The van der Waals surface area contributed by atoms with Crippen LogP contribution < -0.4 is 11.3 Å². The molecular weight excluding hydrogens is 443 g/mol. The highest BCUT2D eigenvalue weighted by atomic mass is 19.1. The van der Waals surface area contributed by atoms with Gasteiger partial charge in [0.1, 0.15) is 11.6 Å². The Morgan fingerprint density at radius 1 is 1.11 bits per heavy atom. The Kier molecular flexibility index (Phi) is 8.57. The van der Waals surface area contributed by atoms with Crippen molar-refractivity contribution in [1.29, 1.82) is 0 Å². The fourth-order valence-corrected chi connectivity index (χ4v) is 4.24. The molecular formula is C28H35FN4O2. The summed E-state index contributed by atoms with van der Waals surface area (Å²) in [4.78, 5) is 33.7. The number of halogens is 1. The van der Waals surface area contributed by atoms with Crippen LogP contribution in [0.15, 0.2) is 53.3 Å². The number of carbonyl (C=O) groups excluding carboxylic acids is 1. The van der Waals surface area contributed by atoms with Crippen molar-refractivity contribution in [3.8, 4) is 0 Å². The first-order valence-electron chi connectivity index (χ1n) is 12.0. The second-order valence-corrected chi connectivity index (χ2v) is 9.35. The van der Waals surface area contributed by atoms with Crippen molar-refractivity contribution in [3.05, 3.63) is 98.5 Å². The molecule has 1 heterocycles. The fraction of sp³-hybridized carbons (Fsp3) is 0.393. The fourth-order valence-electron chi connectivity index (χ4n) is 4.24. The summed E-state index contributed by atoms with van der Waals surface area (Å²) in [6.07, 6.45) is 0.567. The van der Waals surface area contributed by atoms with E-state index >= 15 is 0 Å². The number of hydrogen-bond donors (Lipinski definition) is 1. The Morgan fingerprint density at radius 3 is 2.40 bits per heavy atom. The lowest BCUT2D eigenvalue weighted by atomic mass is 9.98. The van der Waals surface area contributed by atoms with E-state index in [9.17, 15) is 14.0 Å². The van der Waals surface area contributed by atoms with Gasteiger partial charge in [-0.05, 0) is 62.9 Å². The predicted octanol–water partition coefficient (Wildman–Crippen LogP) is 4.54. The maximum Gasteiger partial charge on any atom is 0.257 e. The van der Waals surface area contributed by atoms with Crippen LogP contribution in [0.5, 0.6) is 0 Å². The van der Waals surface area contributed by atoms with Crippen molar-refractivity contribution in [2.24, 2.45) is 11.7 Å². The normalized spacial score (nSPS) is 12.1. The summed E-state index contributed by atoms with van der Waals surface area (Å²) in [5.41, 5.74) is 8.58. The highest BCUT2D eigenvalue weighted by Gasteiger charge is 2.33. The topological polar surface area (TPSA) is 81.2 Å². The summed E-state index contributed by atoms with van der Waals surface area (Å²) in [6, 6.07) is 13.7. The summed E-state index contributed by atoms with van der Waals surface area (Å²) in [5.74, 6) is -0.284. The molecule has 2 N–H and O–H groups in total. The molecule has 0 aliphatic carbocycles. The van der Waals surface area contributed by atoms with Crippen LogP contribution in [0, 0.1) is 32.5 Å². The van der Waals surface area contributed by atoms with Crippen molar-refractivity contribution in [1.82, 2.24) is 14.5 Å². The van der Waals surface area contributed by atoms with Gasteiger partial charge in [0.2, 0.25) is 0 Å². The molecule has 7 heteroatoms. The maximum atomic E-state index is 14.3. The van der Waals surface area contributed by atoms with Gasteiger partial charge >= 0.3 is 0 Å². The summed E-state index contributed by atoms with van der Waals surface area (Å²) in [6.45, 7) is 10.3. The third-order valence-corrected chi connectivity index (χ3v) is 6.37. The second kappa shape index (κ2) is 11.4. The van der Waals surface area contributed by atoms with E-state index < -0.39 is 11.9 Å². The van der Waals surface area contributed by atoms with Crippen LogP contribution in [0.4, 0.5) is 4.39 Å². The van der Waals surface area contributed by atoms with E-state index in [1.165, 1.54) is 6.07 Å². The van der Waals surface area contributed by atoms with E-state index in [4.69, 9.17) is 10.7 Å². The Hall–Kier alpha value is -3.32. The molecule has 186 valence electrons. The number of amides is 1. The van der Waals surface area contributed by atoms with E-state index in [1.807, 2.05) is 51.1 Å². The van der Waals surface area contributed by atoms with Gasteiger partial charge in [-0.2, -0.15) is 0 Å². The molecule has 3 rings (SSSR count). The van der Waals surface area contributed by atoms with Crippen LogP contribution in [0.25, 0.3) is 0 Å². The molecule has 3 aromatic rings. The zero-order valence-electron chi connectivity index (χ0n) is 21.2. The molecule has 0 saturated heterocycles. The van der Waals surface area contributed by atoms with Crippen molar-refractivity contribution >= 4 is 5.91 Å². The number of benzene rings is 2. The quantitative estimate of drug-likeness (QED) is 0.489. The molecule has 2 aromatic carbocycles. The summed E-state index contributed by atoms with van der Waals surface area (Å²) in [5, 5.41) is 0. The zero-order valence-corrected chi connectivity index (χ0v) is 21.2. The monoisotopic (exact) mass is 478 g/mol. The largest absolute Gasteiger partial charge is 0.330 e. The molecule has 0 bridgehead atoms. The van der Waals surface area contributed by atoms with Gasteiger partial charge in [-0.1, -0.05) is 50.2 Å². The van der Waals surface area contributed by atoms with Gasteiger partial charge in [-0.15, -0.1) is 0 Å². The molecule has 0 fully saturated rings. The van der Waals surface area contributed by atoms with Gasteiger partial charge in [0.05, 0.1) is 12.6 Å². The number of carbonyl (C=O) groups is 1. The highest BCUT2D eigenvalue weighted by molar-refractivity contribution is 5.94. The van der Waals surface area contributed by atoms with Crippen molar-refractivity contribution < 1.29 is 9.18 Å². The van der Waals surface area contributed by atoms with E-state index in [1.54, 1.807) is 35.4 Å². The van der Waals surface area contributed by atoms with Crippen LogP contribution in [0.1, 0.15) is 64.9 Å². The molecule has 1 amide bonds. The Morgan fingerprint density at radius 2 is 1.80 bits per heavy atom.